The molecule has 19 heavy (non-hydrogen) atoms. The Bertz CT molecular complexity index is 416. The third kappa shape index (κ3) is 3.37. The average Bonchev–Trinajstić information content (AvgIpc) is 2.81. The third-order valence-corrected chi connectivity index (χ3v) is 4.23. The van der Waals surface area contributed by atoms with Gasteiger partial charge in [0.15, 0.2) is 0 Å². The van der Waals surface area contributed by atoms with E-state index in [0.717, 1.165) is 19.4 Å². The molecule has 3 unspecified atom stereocenters. The lowest BCUT2D eigenvalue weighted by Crippen LogP contribution is -2.33. The maximum absolute atomic E-state index is 6.11. The summed E-state index contributed by atoms with van der Waals surface area (Å²) in [6.45, 7) is 9.86. The summed E-state index contributed by atoms with van der Waals surface area (Å²) >= 11 is 0. The number of hydrogen-bond donors (Lipinski definition) is 1. The first-order valence-electron chi connectivity index (χ1n) is 7.58. The smallest absolute Gasteiger partial charge is 0.0774 e. The Morgan fingerprint density at radius 2 is 2.11 bits per heavy atom. The van der Waals surface area contributed by atoms with Crippen LogP contribution in [0.4, 0.5) is 0 Å². The highest BCUT2D eigenvalue weighted by atomic mass is 16.5. The van der Waals surface area contributed by atoms with E-state index in [1.165, 1.54) is 23.1 Å². The van der Waals surface area contributed by atoms with Crippen molar-refractivity contribution in [3.8, 4) is 0 Å². The quantitative estimate of drug-likeness (QED) is 0.867. The van der Waals surface area contributed by atoms with Gasteiger partial charge in [-0.05, 0) is 63.3 Å². The van der Waals surface area contributed by atoms with E-state index in [1.807, 2.05) is 0 Å². The lowest BCUT2D eigenvalue weighted by molar-refractivity contribution is 0.0315. The van der Waals surface area contributed by atoms with Crippen molar-refractivity contribution < 1.29 is 4.74 Å². The van der Waals surface area contributed by atoms with Gasteiger partial charge in [0.25, 0.3) is 0 Å². The minimum Gasteiger partial charge on any atom is -0.373 e. The lowest BCUT2D eigenvalue weighted by atomic mass is 9.93. The number of rotatable bonds is 5. The summed E-state index contributed by atoms with van der Waals surface area (Å²) in [5, 5.41) is 3.69. The van der Waals surface area contributed by atoms with Crippen molar-refractivity contribution in [2.24, 2.45) is 0 Å². The van der Waals surface area contributed by atoms with Gasteiger partial charge in [0.05, 0.1) is 18.2 Å². The Kier molecular flexibility index (Phi) is 5.00. The zero-order chi connectivity index (χ0) is 13.8. The van der Waals surface area contributed by atoms with Crippen LogP contribution in [0.25, 0.3) is 0 Å². The normalized spacial score (nSPS) is 24.6. The molecule has 1 aliphatic rings. The van der Waals surface area contributed by atoms with Gasteiger partial charge in [-0.2, -0.15) is 0 Å². The molecule has 3 atom stereocenters. The Labute approximate surface area is 117 Å². The summed E-state index contributed by atoms with van der Waals surface area (Å²) in [7, 11) is 0. The molecule has 0 spiro atoms. The highest BCUT2D eigenvalue weighted by Gasteiger charge is 2.31. The predicted octanol–water partition coefficient (Wildman–Crippen LogP) is 3.91. The van der Waals surface area contributed by atoms with E-state index in [1.54, 1.807) is 0 Å². The highest BCUT2D eigenvalue weighted by molar-refractivity contribution is 5.36. The molecule has 1 aliphatic heterocycles. The van der Waals surface area contributed by atoms with Crippen molar-refractivity contribution >= 4 is 0 Å². The van der Waals surface area contributed by atoms with Gasteiger partial charge in [-0.3, -0.25) is 0 Å². The summed E-state index contributed by atoms with van der Waals surface area (Å²) in [5.41, 5.74) is 4.18. The van der Waals surface area contributed by atoms with E-state index in [-0.39, 0.29) is 0 Å². The first-order chi connectivity index (χ1) is 9.13. The number of ether oxygens (including phenoxy) is 1. The lowest BCUT2D eigenvalue weighted by Gasteiger charge is -2.27. The van der Waals surface area contributed by atoms with E-state index in [9.17, 15) is 0 Å². The summed E-state index contributed by atoms with van der Waals surface area (Å²) in [6.07, 6.45) is 4.22. The van der Waals surface area contributed by atoms with Crippen LogP contribution in [0.1, 0.15) is 55.8 Å². The van der Waals surface area contributed by atoms with Crippen molar-refractivity contribution in [1.29, 1.82) is 0 Å². The molecule has 0 bridgehead atoms. The molecule has 0 radical (unpaired) electrons. The zero-order valence-corrected chi connectivity index (χ0v) is 12.7. The minimum atomic E-state index is 0.321. The second-order valence-electron chi connectivity index (χ2n) is 5.78. The number of nitrogens with one attached hydrogen (secondary N) is 1. The van der Waals surface area contributed by atoms with Crippen molar-refractivity contribution in [3.05, 3.63) is 34.9 Å². The molecule has 1 fully saturated rings. The molecule has 0 amide bonds. The molecule has 1 aromatic carbocycles. The van der Waals surface area contributed by atoms with E-state index in [4.69, 9.17) is 4.74 Å². The molecule has 106 valence electrons. The van der Waals surface area contributed by atoms with Crippen LogP contribution in [0.15, 0.2) is 18.2 Å². The van der Waals surface area contributed by atoms with Crippen molar-refractivity contribution in [3.63, 3.8) is 0 Å². The topological polar surface area (TPSA) is 21.3 Å². The van der Waals surface area contributed by atoms with Gasteiger partial charge in [-0.15, -0.1) is 0 Å². The van der Waals surface area contributed by atoms with Gasteiger partial charge in [-0.1, -0.05) is 25.1 Å². The van der Waals surface area contributed by atoms with Gasteiger partial charge in [-0.25, -0.2) is 0 Å². The van der Waals surface area contributed by atoms with E-state index < -0.39 is 0 Å². The largest absolute Gasteiger partial charge is 0.373 e. The first kappa shape index (κ1) is 14.5. The van der Waals surface area contributed by atoms with Gasteiger partial charge in [0, 0.05) is 0 Å². The van der Waals surface area contributed by atoms with Crippen LogP contribution < -0.4 is 5.32 Å². The first-order valence-corrected chi connectivity index (χ1v) is 7.58. The molecule has 1 heterocycles. The molecule has 0 aromatic heterocycles. The van der Waals surface area contributed by atoms with Crippen LogP contribution in [0, 0.1) is 13.8 Å². The monoisotopic (exact) mass is 261 g/mol. The molecule has 1 saturated heterocycles. The Hall–Kier alpha value is -0.860. The molecule has 0 saturated carbocycles. The van der Waals surface area contributed by atoms with Gasteiger partial charge < -0.3 is 10.1 Å². The highest BCUT2D eigenvalue weighted by Crippen LogP contribution is 2.32. The van der Waals surface area contributed by atoms with Crippen LogP contribution in [-0.4, -0.2) is 18.8 Å². The van der Waals surface area contributed by atoms with E-state index in [0.29, 0.717) is 18.2 Å². The van der Waals surface area contributed by atoms with Crippen LogP contribution in [0.5, 0.6) is 0 Å². The van der Waals surface area contributed by atoms with E-state index >= 15 is 0 Å². The number of benzene rings is 1. The van der Waals surface area contributed by atoms with Gasteiger partial charge in [0.2, 0.25) is 0 Å². The van der Waals surface area contributed by atoms with Crippen LogP contribution >= 0.6 is 0 Å². The van der Waals surface area contributed by atoms with Crippen molar-refractivity contribution in [1.82, 2.24) is 5.32 Å². The van der Waals surface area contributed by atoms with Crippen molar-refractivity contribution in [2.75, 3.05) is 6.54 Å². The summed E-state index contributed by atoms with van der Waals surface area (Å²) in [6, 6.07) is 6.94. The summed E-state index contributed by atoms with van der Waals surface area (Å²) in [4.78, 5) is 0. The molecular formula is C17H27NO. The molecule has 2 nitrogen and oxygen atoms in total. The van der Waals surface area contributed by atoms with Crippen LogP contribution in [0.2, 0.25) is 0 Å². The van der Waals surface area contributed by atoms with E-state index in [2.05, 4.69) is 51.2 Å². The zero-order valence-electron chi connectivity index (χ0n) is 12.7. The molecule has 2 heteroatoms. The minimum absolute atomic E-state index is 0.321. The Morgan fingerprint density at radius 3 is 2.74 bits per heavy atom. The molecule has 1 N–H and O–H groups in total. The maximum atomic E-state index is 6.11. The number of aryl methyl sites for hydroxylation is 1. The van der Waals surface area contributed by atoms with Crippen LogP contribution in [0.3, 0.4) is 0 Å². The fourth-order valence-electron chi connectivity index (χ4n) is 2.93. The standard InChI is InChI=1S/C17H27NO/c1-5-11-18-17(16-10-9-13(3)19-16)15-8-6-7-12(2)14(15)4/h6-8,13,16-18H,5,9-11H2,1-4H3. The molecule has 1 aromatic rings. The molecular weight excluding hydrogens is 234 g/mol. The summed E-state index contributed by atoms with van der Waals surface area (Å²) < 4.78 is 6.11. The van der Waals surface area contributed by atoms with Gasteiger partial charge >= 0.3 is 0 Å². The maximum Gasteiger partial charge on any atom is 0.0774 e. The molecule has 2 rings (SSSR count). The molecule has 0 aliphatic carbocycles. The number of hydrogen-bond acceptors (Lipinski definition) is 2. The Balaban J connectivity index is 2.23. The van der Waals surface area contributed by atoms with Crippen LogP contribution in [-0.2, 0) is 4.74 Å². The summed E-state index contributed by atoms with van der Waals surface area (Å²) in [5.74, 6) is 0. The van der Waals surface area contributed by atoms with Gasteiger partial charge in [0.1, 0.15) is 0 Å². The fraction of sp³-hybridized carbons (Fsp3) is 0.647. The predicted molar refractivity (Wildman–Crippen MR) is 80.5 cm³/mol. The Morgan fingerprint density at radius 1 is 1.32 bits per heavy atom. The third-order valence-electron chi connectivity index (χ3n) is 4.23. The SMILES string of the molecule is CCCNC(c1cccc(C)c1C)C1CCC(C)O1. The van der Waals surface area contributed by atoms with Crippen molar-refractivity contribution in [2.45, 2.75) is 65.2 Å². The second-order valence-corrected chi connectivity index (χ2v) is 5.78. The average molecular weight is 261 g/mol. The fourth-order valence-corrected chi connectivity index (χ4v) is 2.93. The second kappa shape index (κ2) is 6.53.